The number of ether oxygens (including phenoxy) is 1. The topological polar surface area (TPSA) is 9.23 Å². The minimum Gasteiger partial charge on any atom is -0.494 e. The zero-order chi connectivity index (χ0) is 9.97. The number of benzene rings is 1. The van der Waals surface area contributed by atoms with Gasteiger partial charge in [0.25, 0.3) is 0 Å². The molecule has 0 unspecified atom stereocenters. The zero-order valence-corrected chi connectivity index (χ0v) is 9.46. The van der Waals surface area contributed by atoms with Gasteiger partial charge in [-0.3, -0.25) is 0 Å². The number of halogens is 1. The SMILES string of the molecule is COc1ccc(C2SCCS2)cc1F. The van der Waals surface area contributed by atoms with Crippen LogP contribution in [0, 0.1) is 5.82 Å². The Labute approximate surface area is 91.4 Å². The molecular weight excluding hydrogens is 219 g/mol. The maximum absolute atomic E-state index is 13.4. The molecule has 4 heteroatoms. The first kappa shape index (κ1) is 10.2. The second kappa shape index (κ2) is 4.45. The van der Waals surface area contributed by atoms with E-state index in [1.54, 1.807) is 12.1 Å². The van der Waals surface area contributed by atoms with Crippen LogP contribution in [0.25, 0.3) is 0 Å². The van der Waals surface area contributed by atoms with Crippen molar-refractivity contribution in [2.75, 3.05) is 18.6 Å². The summed E-state index contributed by atoms with van der Waals surface area (Å²) in [5, 5.41) is 0. The van der Waals surface area contributed by atoms with Gasteiger partial charge in [-0.05, 0) is 17.7 Å². The molecule has 0 aliphatic carbocycles. The monoisotopic (exact) mass is 230 g/mol. The van der Waals surface area contributed by atoms with Gasteiger partial charge in [0.1, 0.15) is 0 Å². The molecule has 1 aliphatic heterocycles. The average molecular weight is 230 g/mol. The second-order valence-electron chi connectivity index (χ2n) is 2.97. The average Bonchev–Trinajstić information content (AvgIpc) is 2.70. The molecule has 0 aromatic heterocycles. The summed E-state index contributed by atoms with van der Waals surface area (Å²) >= 11 is 3.75. The van der Waals surface area contributed by atoms with Crippen molar-refractivity contribution in [1.82, 2.24) is 0 Å². The van der Waals surface area contributed by atoms with E-state index in [9.17, 15) is 4.39 Å². The smallest absolute Gasteiger partial charge is 0.165 e. The fourth-order valence-electron chi connectivity index (χ4n) is 1.38. The lowest BCUT2D eigenvalue weighted by Gasteiger charge is -2.09. The van der Waals surface area contributed by atoms with Crippen molar-refractivity contribution in [3.8, 4) is 5.75 Å². The molecule has 1 aromatic carbocycles. The molecule has 1 saturated heterocycles. The molecule has 0 N–H and O–H groups in total. The van der Waals surface area contributed by atoms with Gasteiger partial charge in [0.15, 0.2) is 11.6 Å². The molecule has 1 aliphatic rings. The van der Waals surface area contributed by atoms with E-state index >= 15 is 0 Å². The lowest BCUT2D eigenvalue weighted by atomic mass is 10.2. The third-order valence-electron chi connectivity index (χ3n) is 2.07. The molecule has 0 saturated carbocycles. The fourth-order valence-corrected chi connectivity index (χ4v) is 4.22. The summed E-state index contributed by atoms with van der Waals surface area (Å²) in [6.07, 6.45) is 0. The predicted octanol–water partition coefficient (Wildman–Crippen LogP) is 3.31. The van der Waals surface area contributed by atoms with Crippen molar-refractivity contribution in [3.63, 3.8) is 0 Å². The van der Waals surface area contributed by atoms with Crippen LogP contribution in [0.5, 0.6) is 5.75 Å². The third kappa shape index (κ3) is 2.01. The highest BCUT2D eigenvalue weighted by molar-refractivity contribution is 8.19. The molecule has 1 aromatic rings. The molecule has 2 rings (SSSR count). The molecule has 1 fully saturated rings. The fraction of sp³-hybridized carbons (Fsp3) is 0.400. The Morgan fingerprint density at radius 2 is 2.07 bits per heavy atom. The van der Waals surface area contributed by atoms with E-state index in [4.69, 9.17) is 4.74 Å². The number of rotatable bonds is 2. The predicted molar refractivity (Wildman–Crippen MR) is 60.6 cm³/mol. The van der Waals surface area contributed by atoms with Gasteiger partial charge in [-0.25, -0.2) is 4.39 Å². The summed E-state index contributed by atoms with van der Waals surface area (Å²) < 4.78 is 18.6. The highest BCUT2D eigenvalue weighted by atomic mass is 32.2. The van der Waals surface area contributed by atoms with Crippen LogP contribution in [-0.2, 0) is 0 Å². The van der Waals surface area contributed by atoms with Gasteiger partial charge in [0, 0.05) is 11.5 Å². The zero-order valence-electron chi connectivity index (χ0n) is 7.83. The summed E-state index contributed by atoms with van der Waals surface area (Å²) in [5.41, 5.74) is 1.05. The summed E-state index contributed by atoms with van der Waals surface area (Å²) in [7, 11) is 1.48. The van der Waals surface area contributed by atoms with Gasteiger partial charge in [0.2, 0.25) is 0 Å². The molecule has 0 atom stereocenters. The number of hydrogen-bond acceptors (Lipinski definition) is 3. The van der Waals surface area contributed by atoms with Crippen molar-refractivity contribution in [2.45, 2.75) is 4.58 Å². The van der Waals surface area contributed by atoms with Crippen LogP contribution in [0.2, 0.25) is 0 Å². The maximum atomic E-state index is 13.4. The van der Waals surface area contributed by atoms with Crippen molar-refractivity contribution in [2.24, 2.45) is 0 Å². The summed E-state index contributed by atoms with van der Waals surface area (Å²) in [5.74, 6) is 2.37. The first-order valence-electron chi connectivity index (χ1n) is 4.38. The Kier molecular flexibility index (Phi) is 3.23. The van der Waals surface area contributed by atoms with Gasteiger partial charge in [-0.15, -0.1) is 23.5 Å². The first-order valence-corrected chi connectivity index (χ1v) is 6.47. The van der Waals surface area contributed by atoms with Gasteiger partial charge in [0.05, 0.1) is 11.7 Å². The van der Waals surface area contributed by atoms with Crippen LogP contribution in [0.4, 0.5) is 4.39 Å². The highest BCUT2D eigenvalue weighted by Gasteiger charge is 2.19. The summed E-state index contributed by atoms with van der Waals surface area (Å²) in [6.45, 7) is 0. The highest BCUT2D eigenvalue weighted by Crippen LogP contribution is 2.45. The largest absolute Gasteiger partial charge is 0.494 e. The Bertz CT molecular complexity index is 324. The van der Waals surface area contributed by atoms with Gasteiger partial charge >= 0.3 is 0 Å². The van der Waals surface area contributed by atoms with Crippen LogP contribution in [0.3, 0.4) is 0 Å². The molecule has 76 valence electrons. The molecule has 0 bridgehead atoms. The summed E-state index contributed by atoms with van der Waals surface area (Å²) in [6, 6.07) is 5.22. The Balaban J connectivity index is 2.23. The van der Waals surface area contributed by atoms with Crippen LogP contribution < -0.4 is 4.74 Å². The first-order chi connectivity index (χ1) is 6.81. The summed E-state index contributed by atoms with van der Waals surface area (Å²) in [4.78, 5) is 0. The van der Waals surface area contributed by atoms with E-state index in [1.807, 2.05) is 29.6 Å². The molecule has 1 heterocycles. The van der Waals surface area contributed by atoms with Crippen molar-refractivity contribution >= 4 is 23.5 Å². The van der Waals surface area contributed by atoms with E-state index in [1.165, 1.54) is 7.11 Å². The molecular formula is C10H11FOS2. The van der Waals surface area contributed by atoms with E-state index in [2.05, 4.69) is 0 Å². The lowest BCUT2D eigenvalue weighted by Crippen LogP contribution is -1.91. The molecule has 0 amide bonds. The Morgan fingerprint density at radius 1 is 1.36 bits per heavy atom. The minimum atomic E-state index is -0.266. The Hall–Kier alpha value is -0.350. The second-order valence-corrected chi connectivity index (χ2v) is 5.69. The van der Waals surface area contributed by atoms with Crippen molar-refractivity contribution in [3.05, 3.63) is 29.6 Å². The van der Waals surface area contributed by atoms with Gasteiger partial charge in [-0.1, -0.05) is 6.07 Å². The quantitative estimate of drug-likeness (QED) is 0.771. The van der Waals surface area contributed by atoms with Gasteiger partial charge < -0.3 is 4.74 Å². The molecule has 0 radical (unpaired) electrons. The van der Waals surface area contributed by atoms with Crippen molar-refractivity contribution in [1.29, 1.82) is 0 Å². The van der Waals surface area contributed by atoms with E-state index < -0.39 is 0 Å². The van der Waals surface area contributed by atoms with Crippen LogP contribution >= 0.6 is 23.5 Å². The van der Waals surface area contributed by atoms with Crippen LogP contribution in [0.1, 0.15) is 10.1 Å². The standard InChI is InChI=1S/C10H11FOS2/c1-12-9-3-2-7(6-8(9)11)10-13-4-5-14-10/h2-3,6,10H,4-5H2,1H3. The normalized spacial score (nSPS) is 17.3. The number of thioether (sulfide) groups is 2. The molecule has 14 heavy (non-hydrogen) atoms. The third-order valence-corrected chi connectivity index (χ3v) is 5.17. The lowest BCUT2D eigenvalue weighted by molar-refractivity contribution is 0.386. The number of hydrogen-bond donors (Lipinski definition) is 0. The molecule has 0 spiro atoms. The molecule has 1 nitrogen and oxygen atoms in total. The van der Waals surface area contributed by atoms with Gasteiger partial charge in [-0.2, -0.15) is 0 Å². The van der Waals surface area contributed by atoms with Crippen LogP contribution in [0.15, 0.2) is 18.2 Å². The van der Waals surface area contributed by atoms with E-state index in [0.717, 1.165) is 17.1 Å². The minimum absolute atomic E-state index is 0.266. The van der Waals surface area contributed by atoms with Crippen molar-refractivity contribution < 1.29 is 9.13 Å². The number of methoxy groups -OCH3 is 1. The van der Waals surface area contributed by atoms with Crippen LogP contribution in [-0.4, -0.2) is 18.6 Å². The Morgan fingerprint density at radius 3 is 2.64 bits per heavy atom. The maximum Gasteiger partial charge on any atom is 0.165 e. The van der Waals surface area contributed by atoms with E-state index in [-0.39, 0.29) is 5.82 Å². The van der Waals surface area contributed by atoms with E-state index in [0.29, 0.717) is 10.3 Å².